The number of nitrogens with one attached hydrogen (secondary N) is 2. The highest BCUT2D eigenvalue weighted by Gasteiger charge is 2.26. The van der Waals surface area contributed by atoms with Crippen LogP contribution in [0.4, 0.5) is 16.2 Å². The topological polar surface area (TPSA) is 118 Å². The Bertz CT molecular complexity index is 969. The van der Waals surface area contributed by atoms with Gasteiger partial charge in [-0.05, 0) is 57.5 Å². The van der Waals surface area contributed by atoms with E-state index >= 15 is 0 Å². The van der Waals surface area contributed by atoms with E-state index in [9.17, 15) is 14.4 Å². The number of carbonyl (C=O) groups excluding carboxylic acids is 3. The van der Waals surface area contributed by atoms with E-state index in [1.807, 2.05) is 30.3 Å². The Kier molecular flexibility index (Phi) is 9.08. The average Bonchev–Trinajstić information content (AvgIpc) is 2.76. The lowest BCUT2D eigenvalue weighted by molar-refractivity contribution is -0.145. The van der Waals surface area contributed by atoms with Gasteiger partial charge >= 0.3 is 12.1 Å². The zero-order chi connectivity index (χ0) is 24.4. The summed E-state index contributed by atoms with van der Waals surface area (Å²) in [4.78, 5) is 36.6. The monoisotopic (exact) mass is 454 g/mol. The standard InChI is InChI=1S/C24H30N4O5/c1-16(25-23(31)33-24(2,3)4)21(29)26-20(22(30)32-5)15-17-11-13-19(14-12-17)28-27-18-9-7-6-8-10-18/h6-14,16,20H,15H2,1-5H3,(H,25,31)(H,26,29)/t16-,20-/m0/s1. The quantitative estimate of drug-likeness (QED) is 0.457. The molecule has 2 amide bonds. The Hall–Kier alpha value is -3.75. The summed E-state index contributed by atoms with van der Waals surface area (Å²) in [5.74, 6) is -1.13. The Balaban J connectivity index is 1.99. The zero-order valence-electron chi connectivity index (χ0n) is 19.5. The second kappa shape index (κ2) is 11.8. The van der Waals surface area contributed by atoms with Gasteiger partial charge in [-0.25, -0.2) is 9.59 Å². The van der Waals surface area contributed by atoms with Gasteiger partial charge in [0.25, 0.3) is 0 Å². The van der Waals surface area contributed by atoms with Crippen molar-refractivity contribution >= 4 is 29.3 Å². The number of nitrogens with zero attached hydrogens (tertiary/aromatic N) is 2. The minimum absolute atomic E-state index is 0.202. The fraction of sp³-hybridized carbons (Fsp3) is 0.375. The van der Waals surface area contributed by atoms with E-state index in [1.54, 1.807) is 45.0 Å². The Labute approximate surface area is 193 Å². The molecule has 0 fully saturated rings. The number of alkyl carbamates (subject to hydrolysis) is 1. The van der Waals surface area contributed by atoms with Crippen molar-refractivity contribution in [2.24, 2.45) is 10.2 Å². The number of benzene rings is 2. The van der Waals surface area contributed by atoms with Crippen molar-refractivity contribution in [1.82, 2.24) is 10.6 Å². The fourth-order valence-electron chi connectivity index (χ4n) is 2.73. The highest BCUT2D eigenvalue weighted by molar-refractivity contribution is 5.89. The largest absolute Gasteiger partial charge is 0.467 e. The van der Waals surface area contributed by atoms with Crippen LogP contribution in [-0.2, 0) is 25.5 Å². The molecule has 9 heteroatoms. The molecule has 0 unspecified atom stereocenters. The van der Waals surface area contributed by atoms with Crippen LogP contribution < -0.4 is 10.6 Å². The number of hydrogen-bond donors (Lipinski definition) is 2. The molecule has 2 aromatic carbocycles. The van der Waals surface area contributed by atoms with E-state index < -0.39 is 35.7 Å². The molecular formula is C24H30N4O5. The van der Waals surface area contributed by atoms with Crippen molar-refractivity contribution in [1.29, 1.82) is 0 Å². The van der Waals surface area contributed by atoms with E-state index in [0.29, 0.717) is 5.69 Å². The maximum Gasteiger partial charge on any atom is 0.408 e. The van der Waals surface area contributed by atoms with Crippen molar-refractivity contribution in [3.8, 4) is 0 Å². The normalized spacial score (nSPS) is 13.1. The molecule has 2 atom stereocenters. The second-order valence-electron chi connectivity index (χ2n) is 8.36. The molecule has 33 heavy (non-hydrogen) atoms. The number of hydrogen-bond acceptors (Lipinski definition) is 7. The summed E-state index contributed by atoms with van der Waals surface area (Å²) in [7, 11) is 1.25. The van der Waals surface area contributed by atoms with E-state index in [4.69, 9.17) is 9.47 Å². The molecule has 9 nitrogen and oxygen atoms in total. The number of esters is 1. The molecule has 0 bridgehead atoms. The third kappa shape index (κ3) is 9.10. The van der Waals surface area contributed by atoms with Crippen molar-refractivity contribution in [3.05, 3.63) is 60.2 Å². The predicted molar refractivity (Wildman–Crippen MR) is 124 cm³/mol. The molecule has 0 aromatic heterocycles. The minimum Gasteiger partial charge on any atom is -0.467 e. The lowest BCUT2D eigenvalue weighted by atomic mass is 10.1. The first-order valence-electron chi connectivity index (χ1n) is 10.5. The molecule has 0 spiro atoms. The number of rotatable bonds is 8. The van der Waals surface area contributed by atoms with Crippen LogP contribution in [0.3, 0.4) is 0 Å². The van der Waals surface area contributed by atoms with Crippen molar-refractivity contribution < 1.29 is 23.9 Å². The number of amides is 2. The van der Waals surface area contributed by atoms with Crippen LogP contribution in [0, 0.1) is 0 Å². The van der Waals surface area contributed by atoms with Gasteiger partial charge in [-0.1, -0.05) is 30.3 Å². The fourth-order valence-corrected chi connectivity index (χ4v) is 2.73. The van der Waals surface area contributed by atoms with Crippen LogP contribution in [0.25, 0.3) is 0 Å². The molecule has 0 aliphatic rings. The molecule has 0 radical (unpaired) electrons. The van der Waals surface area contributed by atoms with E-state index in [2.05, 4.69) is 20.9 Å². The van der Waals surface area contributed by atoms with Crippen LogP contribution in [0.1, 0.15) is 33.3 Å². The summed E-state index contributed by atoms with van der Waals surface area (Å²) in [6.45, 7) is 6.66. The van der Waals surface area contributed by atoms with Crippen LogP contribution in [0.5, 0.6) is 0 Å². The van der Waals surface area contributed by atoms with Crippen LogP contribution in [0.15, 0.2) is 64.8 Å². The summed E-state index contributed by atoms with van der Waals surface area (Å²) in [5.41, 5.74) is 1.49. The van der Waals surface area contributed by atoms with Gasteiger partial charge < -0.3 is 20.1 Å². The predicted octanol–water partition coefficient (Wildman–Crippen LogP) is 4.22. The molecule has 2 rings (SSSR count). The second-order valence-corrected chi connectivity index (χ2v) is 8.36. The minimum atomic E-state index is -0.929. The molecule has 0 aliphatic carbocycles. The first kappa shape index (κ1) is 25.5. The Morgan fingerprint density at radius 1 is 0.909 bits per heavy atom. The summed E-state index contributed by atoms with van der Waals surface area (Å²) in [5, 5.41) is 13.4. The SMILES string of the molecule is COC(=O)[C@H](Cc1ccc(N=Nc2ccccc2)cc1)NC(=O)[C@H](C)NC(=O)OC(C)(C)C. The zero-order valence-corrected chi connectivity index (χ0v) is 19.5. The summed E-state index contributed by atoms with van der Waals surface area (Å²) in [6.07, 6.45) is -0.520. The van der Waals surface area contributed by atoms with E-state index in [1.165, 1.54) is 14.0 Å². The van der Waals surface area contributed by atoms with Gasteiger partial charge in [0.05, 0.1) is 18.5 Å². The van der Waals surface area contributed by atoms with Gasteiger partial charge in [0.1, 0.15) is 17.7 Å². The van der Waals surface area contributed by atoms with Gasteiger partial charge in [0, 0.05) is 6.42 Å². The van der Waals surface area contributed by atoms with Gasteiger partial charge in [0.15, 0.2) is 0 Å². The number of azo groups is 1. The van der Waals surface area contributed by atoms with Crippen molar-refractivity contribution in [2.75, 3.05) is 7.11 Å². The average molecular weight is 455 g/mol. The number of carbonyl (C=O) groups is 3. The number of ether oxygens (including phenoxy) is 2. The van der Waals surface area contributed by atoms with Gasteiger partial charge in [0.2, 0.25) is 5.91 Å². The van der Waals surface area contributed by atoms with Gasteiger partial charge in [-0.15, -0.1) is 0 Å². The summed E-state index contributed by atoms with van der Waals surface area (Å²) < 4.78 is 9.97. The maximum absolute atomic E-state index is 12.5. The molecule has 2 N–H and O–H groups in total. The molecule has 176 valence electrons. The molecule has 0 saturated carbocycles. The summed E-state index contributed by atoms with van der Waals surface area (Å²) >= 11 is 0. The first-order valence-corrected chi connectivity index (χ1v) is 10.5. The molecule has 0 aliphatic heterocycles. The van der Waals surface area contributed by atoms with Gasteiger partial charge in [-0.2, -0.15) is 10.2 Å². The Morgan fingerprint density at radius 3 is 2.03 bits per heavy atom. The van der Waals surface area contributed by atoms with E-state index in [0.717, 1.165) is 11.3 Å². The van der Waals surface area contributed by atoms with E-state index in [-0.39, 0.29) is 6.42 Å². The smallest absolute Gasteiger partial charge is 0.408 e. The highest BCUT2D eigenvalue weighted by atomic mass is 16.6. The number of methoxy groups -OCH3 is 1. The van der Waals surface area contributed by atoms with Crippen LogP contribution in [-0.4, -0.2) is 42.8 Å². The first-order chi connectivity index (χ1) is 15.6. The maximum atomic E-state index is 12.5. The Morgan fingerprint density at radius 2 is 1.48 bits per heavy atom. The molecular weight excluding hydrogens is 424 g/mol. The lowest BCUT2D eigenvalue weighted by Gasteiger charge is -2.23. The highest BCUT2D eigenvalue weighted by Crippen LogP contribution is 2.19. The van der Waals surface area contributed by atoms with Crippen LogP contribution >= 0.6 is 0 Å². The lowest BCUT2D eigenvalue weighted by Crippen LogP contribution is -2.51. The van der Waals surface area contributed by atoms with Crippen molar-refractivity contribution in [2.45, 2.75) is 51.8 Å². The molecule has 0 saturated heterocycles. The van der Waals surface area contributed by atoms with Crippen LogP contribution in [0.2, 0.25) is 0 Å². The molecule has 0 heterocycles. The third-order valence-corrected chi connectivity index (χ3v) is 4.34. The third-order valence-electron chi connectivity index (χ3n) is 4.34. The summed E-state index contributed by atoms with van der Waals surface area (Å²) in [6, 6.07) is 14.6. The van der Waals surface area contributed by atoms with Crippen molar-refractivity contribution in [3.63, 3.8) is 0 Å². The molecule has 2 aromatic rings. The van der Waals surface area contributed by atoms with Gasteiger partial charge in [-0.3, -0.25) is 4.79 Å².